The monoisotopic (exact) mass is 420 g/mol. The van der Waals surface area contributed by atoms with E-state index in [1.54, 1.807) is 24.3 Å². The predicted molar refractivity (Wildman–Crippen MR) is 103 cm³/mol. The Bertz CT molecular complexity index is 1000. The fraction of sp³-hybridized carbons (Fsp3) is 0.238. The standard InChI is InChI=1S/C21H19F3N2O4/c1-12-17(19(27)30-3)18(15-6-4-5-7-16(15)21(22,23)24)25-20(28)26(12)13-8-10-14(29-2)11-9-13/h4-11,18H,1-3H3,(H,25,28). The highest BCUT2D eigenvalue weighted by atomic mass is 19.4. The van der Waals surface area contributed by atoms with Crippen LogP contribution in [0.3, 0.4) is 0 Å². The number of alkyl halides is 3. The Balaban J connectivity index is 2.17. The Hall–Kier alpha value is -3.49. The molecule has 6 nitrogen and oxygen atoms in total. The summed E-state index contributed by atoms with van der Waals surface area (Å²) in [5.41, 5.74) is -0.702. The summed E-state index contributed by atoms with van der Waals surface area (Å²) >= 11 is 0. The summed E-state index contributed by atoms with van der Waals surface area (Å²) in [7, 11) is 2.62. The molecule has 2 amide bonds. The third-order valence-electron chi connectivity index (χ3n) is 4.80. The summed E-state index contributed by atoms with van der Waals surface area (Å²) in [4.78, 5) is 26.6. The van der Waals surface area contributed by atoms with Crippen LogP contribution >= 0.6 is 0 Å². The van der Waals surface area contributed by atoms with Crippen LogP contribution in [0, 0.1) is 0 Å². The molecule has 0 aromatic heterocycles. The number of anilines is 1. The van der Waals surface area contributed by atoms with E-state index in [0.717, 1.165) is 13.2 Å². The van der Waals surface area contributed by atoms with Gasteiger partial charge in [0.15, 0.2) is 0 Å². The molecule has 0 saturated heterocycles. The Morgan fingerprint density at radius 3 is 2.27 bits per heavy atom. The maximum atomic E-state index is 13.6. The molecule has 1 atom stereocenters. The van der Waals surface area contributed by atoms with Crippen molar-refractivity contribution in [2.24, 2.45) is 0 Å². The van der Waals surface area contributed by atoms with Crippen LogP contribution in [0.5, 0.6) is 5.75 Å². The van der Waals surface area contributed by atoms with Crippen molar-refractivity contribution in [2.75, 3.05) is 19.1 Å². The number of nitrogens with zero attached hydrogens (tertiary/aromatic N) is 1. The molecule has 3 rings (SSSR count). The van der Waals surface area contributed by atoms with Gasteiger partial charge < -0.3 is 14.8 Å². The molecule has 1 aliphatic heterocycles. The largest absolute Gasteiger partial charge is 0.497 e. The number of methoxy groups -OCH3 is 2. The normalized spacial score (nSPS) is 16.9. The number of esters is 1. The van der Waals surface area contributed by atoms with Gasteiger partial charge in [0.1, 0.15) is 5.75 Å². The van der Waals surface area contributed by atoms with Gasteiger partial charge in [-0.15, -0.1) is 0 Å². The molecule has 2 aromatic rings. The van der Waals surface area contributed by atoms with E-state index in [1.807, 2.05) is 0 Å². The zero-order chi connectivity index (χ0) is 22.1. The van der Waals surface area contributed by atoms with Crippen molar-refractivity contribution in [3.63, 3.8) is 0 Å². The van der Waals surface area contributed by atoms with E-state index in [-0.39, 0.29) is 16.8 Å². The van der Waals surface area contributed by atoms with Crippen molar-refractivity contribution in [3.05, 3.63) is 70.9 Å². The molecular weight excluding hydrogens is 401 g/mol. The van der Waals surface area contributed by atoms with E-state index >= 15 is 0 Å². The minimum atomic E-state index is -4.66. The van der Waals surface area contributed by atoms with E-state index in [9.17, 15) is 22.8 Å². The SMILES string of the molecule is COC(=O)C1=C(C)N(c2ccc(OC)cc2)C(=O)NC1c1ccccc1C(F)(F)F. The lowest BCUT2D eigenvalue weighted by molar-refractivity contribution is -0.139. The van der Waals surface area contributed by atoms with E-state index in [2.05, 4.69) is 5.32 Å². The van der Waals surface area contributed by atoms with Crippen LogP contribution in [0.1, 0.15) is 24.1 Å². The molecule has 2 aromatic carbocycles. The van der Waals surface area contributed by atoms with Gasteiger partial charge in [0.25, 0.3) is 0 Å². The van der Waals surface area contributed by atoms with E-state index in [4.69, 9.17) is 9.47 Å². The Morgan fingerprint density at radius 1 is 1.07 bits per heavy atom. The van der Waals surface area contributed by atoms with Gasteiger partial charge in [-0.25, -0.2) is 9.59 Å². The number of halogens is 3. The summed E-state index contributed by atoms with van der Waals surface area (Å²) in [6.45, 7) is 1.48. The maximum Gasteiger partial charge on any atom is 0.416 e. The molecule has 9 heteroatoms. The molecule has 158 valence electrons. The second-order valence-electron chi connectivity index (χ2n) is 6.49. The first-order valence-corrected chi connectivity index (χ1v) is 8.89. The quantitative estimate of drug-likeness (QED) is 0.743. The van der Waals surface area contributed by atoms with Crippen LogP contribution in [-0.4, -0.2) is 26.2 Å². The predicted octanol–water partition coefficient (Wildman–Crippen LogP) is 4.43. The number of hydrogen-bond acceptors (Lipinski definition) is 4. The molecule has 0 fully saturated rings. The zero-order valence-corrected chi connectivity index (χ0v) is 16.4. The van der Waals surface area contributed by atoms with Gasteiger partial charge in [-0.2, -0.15) is 13.2 Å². The second kappa shape index (κ2) is 8.10. The van der Waals surface area contributed by atoms with E-state index in [1.165, 1.54) is 37.1 Å². The average Bonchev–Trinajstić information content (AvgIpc) is 2.72. The molecular formula is C21H19F3N2O4. The number of benzene rings is 2. The molecule has 0 aliphatic carbocycles. The van der Waals surface area contributed by atoms with Crippen molar-refractivity contribution in [1.29, 1.82) is 0 Å². The fourth-order valence-electron chi connectivity index (χ4n) is 3.40. The first-order chi connectivity index (χ1) is 14.2. The van der Waals surface area contributed by atoms with Gasteiger partial charge in [0.05, 0.1) is 37.1 Å². The summed E-state index contributed by atoms with van der Waals surface area (Å²) in [6, 6.07) is 9.24. The third kappa shape index (κ3) is 3.83. The van der Waals surface area contributed by atoms with Crippen LogP contribution in [0.25, 0.3) is 0 Å². The summed E-state index contributed by atoms with van der Waals surface area (Å²) in [5.74, 6) is -0.282. The van der Waals surface area contributed by atoms with Gasteiger partial charge >= 0.3 is 18.2 Å². The first-order valence-electron chi connectivity index (χ1n) is 8.89. The summed E-state index contributed by atoms with van der Waals surface area (Å²) in [6.07, 6.45) is -4.66. The number of ether oxygens (including phenoxy) is 2. The highest BCUT2D eigenvalue weighted by Crippen LogP contribution is 2.40. The minimum Gasteiger partial charge on any atom is -0.497 e. The average molecular weight is 420 g/mol. The van der Waals surface area contributed by atoms with E-state index in [0.29, 0.717) is 11.4 Å². The number of amides is 2. The Labute approximate surface area is 170 Å². The smallest absolute Gasteiger partial charge is 0.416 e. The van der Waals surface area contributed by atoms with Crippen molar-refractivity contribution in [3.8, 4) is 5.75 Å². The van der Waals surface area contributed by atoms with Crippen molar-refractivity contribution in [1.82, 2.24) is 5.32 Å². The second-order valence-corrected chi connectivity index (χ2v) is 6.49. The zero-order valence-electron chi connectivity index (χ0n) is 16.4. The Kier molecular flexibility index (Phi) is 5.73. The molecule has 1 aliphatic rings. The van der Waals surface area contributed by atoms with Gasteiger partial charge in [0, 0.05) is 5.70 Å². The molecule has 1 heterocycles. The van der Waals surface area contributed by atoms with Crippen molar-refractivity contribution in [2.45, 2.75) is 19.1 Å². The molecule has 0 bridgehead atoms. The van der Waals surface area contributed by atoms with Crippen LogP contribution in [-0.2, 0) is 15.7 Å². The molecule has 30 heavy (non-hydrogen) atoms. The minimum absolute atomic E-state index is 0.0929. The van der Waals surface area contributed by atoms with Crippen LogP contribution in [0.15, 0.2) is 59.8 Å². The Morgan fingerprint density at radius 2 is 1.70 bits per heavy atom. The number of urea groups is 1. The van der Waals surface area contributed by atoms with Crippen LogP contribution < -0.4 is 15.0 Å². The third-order valence-corrected chi connectivity index (χ3v) is 4.80. The number of allylic oxidation sites excluding steroid dienone is 1. The van der Waals surface area contributed by atoms with Crippen LogP contribution in [0.4, 0.5) is 23.7 Å². The van der Waals surface area contributed by atoms with Crippen LogP contribution in [0.2, 0.25) is 0 Å². The maximum absolute atomic E-state index is 13.6. The number of hydrogen-bond donors (Lipinski definition) is 1. The molecule has 0 spiro atoms. The van der Waals surface area contributed by atoms with Gasteiger partial charge in [-0.05, 0) is 42.8 Å². The lowest BCUT2D eigenvalue weighted by Crippen LogP contribution is -2.48. The number of rotatable bonds is 4. The highest BCUT2D eigenvalue weighted by Gasteiger charge is 2.42. The van der Waals surface area contributed by atoms with Crippen molar-refractivity contribution < 1.29 is 32.2 Å². The highest BCUT2D eigenvalue weighted by molar-refractivity contribution is 6.03. The van der Waals surface area contributed by atoms with Gasteiger partial charge in [-0.3, -0.25) is 4.90 Å². The molecule has 0 radical (unpaired) electrons. The molecule has 1 N–H and O–H groups in total. The number of nitrogens with one attached hydrogen (secondary N) is 1. The molecule has 0 saturated carbocycles. The van der Waals surface area contributed by atoms with Gasteiger partial charge in [-0.1, -0.05) is 18.2 Å². The summed E-state index contributed by atoms with van der Waals surface area (Å²) in [5, 5.41) is 2.52. The number of carbonyl (C=O) groups is 2. The topological polar surface area (TPSA) is 67.9 Å². The lowest BCUT2D eigenvalue weighted by Gasteiger charge is -2.36. The number of carbonyl (C=O) groups excluding carboxylic acids is 2. The van der Waals surface area contributed by atoms with Crippen molar-refractivity contribution >= 4 is 17.7 Å². The molecule has 1 unspecified atom stereocenters. The summed E-state index contributed by atoms with van der Waals surface area (Å²) < 4.78 is 50.6. The fourth-order valence-corrected chi connectivity index (χ4v) is 3.40. The van der Waals surface area contributed by atoms with E-state index < -0.39 is 29.8 Å². The first kappa shape index (κ1) is 21.2. The van der Waals surface area contributed by atoms with Gasteiger partial charge in [0.2, 0.25) is 0 Å². The lowest BCUT2D eigenvalue weighted by atomic mass is 9.91.